The van der Waals surface area contributed by atoms with Crippen molar-refractivity contribution in [3.8, 4) is 11.5 Å². The van der Waals surface area contributed by atoms with Gasteiger partial charge < -0.3 is 4.74 Å². The number of hydrogen-bond acceptors (Lipinski definition) is 6. The van der Waals surface area contributed by atoms with E-state index in [1.807, 2.05) is 0 Å². The van der Waals surface area contributed by atoms with Gasteiger partial charge in [-0.15, -0.1) is 0 Å². The molecular formula is C30H17ClF3N3O6. The van der Waals surface area contributed by atoms with Gasteiger partial charge in [-0.2, -0.15) is 13.2 Å². The highest BCUT2D eigenvalue weighted by Crippen LogP contribution is 2.40. The Hall–Kier alpha value is -5.49. The van der Waals surface area contributed by atoms with Crippen LogP contribution in [-0.4, -0.2) is 22.8 Å². The van der Waals surface area contributed by atoms with Crippen LogP contribution in [0, 0.1) is 10.1 Å². The van der Waals surface area contributed by atoms with Gasteiger partial charge in [0.2, 0.25) is 5.75 Å². The van der Waals surface area contributed by atoms with Gasteiger partial charge in [0, 0.05) is 16.7 Å². The van der Waals surface area contributed by atoms with Crippen LogP contribution in [0.15, 0.2) is 103 Å². The zero-order chi connectivity index (χ0) is 30.9. The van der Waals surface area contributed by atoms with Crippen molar-refractivity contribution in [2.45, 2.75) is 6.18 Å². The van der Waals surface area contributed by atoms with Crippen LogP contribution in [0.4, 0.5) is 35.0 Å². The first-order valence-corrected chi connectivity index (χ1v) is 12.7. The van der Waals surface area contributed by atoms with Crippen molar-refractivity contribution < 1.29 is 37.2 Å². The molecule has 0 aromatic heterocycles. The number of ether oxygens (including phenoxy) is 1. The fraction of sp³-hybridized carbons (Fsp3) is 0.0333. The van der Waals surface area contributed by atoms with E-state index in [-0.39, 0.29) is 27.7 Å². The number of carbonyl (C=O) groups excluding carboxylic acids is 3. The van der Waals surface area contributed by atoms with Gasteiger partial charge in [0.25, 0.3) is 11.8 Å². The number of nitro benzene ring substituents is 1. The van der Waals surface area contributed by atoms with Gasteiger partial charge in [0.1, 0.15) is 11.3 Å². The molecule has 0 unspecified atom stereocenters. The van der Waals surface area contributed by atoms with Crippen molar-refractivity contribution in [3.63, 3.8) is 0 Å². The summed E-state index contributed by atoms with van der Waals surface area (Å²) in [6.07, 6.45) is -3.74. The van der Waals surface area contributed by atoms with Crippen molar-refractivity contribution in [2.75, 3.05) is 9.80 Å². The molecule has 43 heavy (non-hydrogen) atoms. The summed E-state index contributed by atoms with van der Waals surface area (Å²) in [5.74, 6) is -2.65. The third kappa shape index (κ3) is 5.81. The van der Waals surface area contributed by atoms with E-state index in [9.17, 15) is 37.7 Å². The minimum absolute atomic E-state index is 0.0197. The number of para-hydroxylation sites is 2. The zero-order valence-corrected chi connectivity index (χ0v) is 22.4. The number of halogens is 4. The van der Waals surface area contributed by atoms with Crippen molar-refractivity contribution in [1.29, 1.82) is 0 Å². The molecule has 4 aromatic carbocycles. The number of amides is 4. The molecule has 1 aliphatic heterocycles. The molecule has 13 heteroatoms. The molecule has 0 N–H and O–H groups in total. The van der Waals surface area contributed by atoms with Crippen LogP contribution in [-0.2, 0) is 15.8 Å². The number of urea groups is 1. The number of carbonyl (C=O) groups is 3. The van der Waals surface area contributed by atoms with Gasteiger partial charge >= 0.3 is 17.9 Å². The molecule has 9 nitrogen and oxygen atoms in total. The number of imide groups is 2. The molecule has 0 saturated carbocycles. The maximum Gasteiger partial charge on any atom is 0.416 e. The molecule has 4 amide bonds. The standard InChI is InChI=1S/C30H17ClF3N3O6/c31-20-12-14-25(43-26-13-11-19(30(32,33)34)17-24(26)37(41)42)18(15-20)16-23-27(38)35(21-7-3-1-4-8-21)29(40)36(28(23)39)22-9-5-2-6-10-22/h1-17H. The predicted octanol–water partition coefficient (Wildman–Crippen LogP) is 7.64. The van der Waals surface area contributed by atoms with E-state index in [1.54, 1.807) is 36.4 Å². The average molecular weight is 608 g/mol. The minimum Gasteiger partial charge on any atom is -0.449 e. The first-order valence-electron chi connectivity index (χ1n) is 12.3. The normalized spacial score (nSPS) is 13.8. The molecule has 1 saturated heterocycles. The lowest BCUT2D eigenvalue weighted by atomic mass is 10.0. The first kappa shape index (κ1) is 29.0. The monoisotopic (exact) mass is 607 g/mol. The molecule has 4 aromatic rings. The van der Waals surface area contributed by atoms with Crippen LogP contribution in [0.1, 0.15) is 11.1 Å². The number of nitrogens with zero attached hydrogens (tertiary/aromatic N) is 3. The molecule has 0 spiro atoms. The summed E-state index contributed by atoms with van der Waals surface area (Å²) in [4.78, 5) is 53.0. The summed E-state index contributed by atoms with van der Waals surface area (Å²) >= 11 is 6.17. The topological polar surface area (TPSA) is 110 Å². The Morgan fingerprint density at radius 1 is 0.767 bits per heavy atom. The largest absolute Gasteiger partial charge is 0.449 e. The minimum atomic E-state index is -4.84. The third-order valence-corrected chi connectivity index (χ3v) is 6.49. The van der Waals surface area contributed by atoms with E-state index < -0.39 is 51.5 Å². The van der Waals surface area contributed by atoms with Crippen molar-refractivity contribution >= 4 is 52.6 Å². The summed E-state index contributed by atoms with van der Waals surface area (Å²) in [5, 5.41) is 11.7. The quantitative estimate of drug-likeness (QED) is 0.0964. The molecule has 5 rings (SSSR count). The number of nitro groups is 1. The van der Waals surface area contributed by atoms with Gasteiger partial charge in [-0.1, -0.05) is 48.0 Å². The van der Waals surface area contributed by atoms with Crippen LogP contribution >= 0.6 is 11.6 Å². The molecule has 0 bridgehead atoms. The van der Waals surface area contributed by atoms with Crippen LogP contribution in [0.2, 0.25) is 5.02 Å². The van der Waals surface area contributed by atoms with Gasteiger partial charge in [-0.05, 0) is 60.7 Å². The lowest BCUT2D eigenvalue weighted by Crippen LogP contribution is -2.57. The summed E-state index contributed by atoms with van der Waals surface area (Å²) < 4.78 is 45.2. The summed E-state index contributed by atoms with van der Waals surface area (Å²) in [6, 6.07) is 20.5. The second kappa shape index (κ2) is 11.4. The molecule has 1 aliphatic rings. The summed E-state index contributed by atoms with van der Waals surface area (Å²) in [7, 11) is 0. The number of hydrogen-bond donors (Lipinski definition) is 0. The van der Waals surface area contributed by atoms with E-state index in [4.69, 9.17) is 16.3 Å². The SMILES string of the molecule is O=C1C(=Cc2cc(Cl)ccc2Oc2ccc(C(F)(F)F)cc2[N+](=O)[O-])C(=O)N(c2ccccc2)C(=O)N1c1ccccc1. The molecule has 0 atom stereocenters. The van der Waals surface area contributed by atoms with Crippen LogP contribution < -0.4 is 14.5 Å². The fourth-order valence-electron chi connectivity index (χ4n) is 4.26. The number of alkyl halides is 3. The van der Waals surface area contributed by atoms with Crippen LogP contribution in [0.25, 0.3) is 6.08 Å². The van der Waals surface area contributed by atoms with Crippen LogP contribution in [0.3, 0.4) is 0 Å². The zero-order valence-electron chi connectivity index (χ0n) is 21.6. The second-order valence-corrected chi connectivity index (χ2v) is 9.45. The summed E-state index contributed by atoms with van der Waals surface area (Å²) in [6.45, 7) is 0. The molecule has 0 aliphatic carbocycles. The fourth-order valence-corrected chi connectivity index (χ4v) is 4.44. The number of benzene rings is 4. The number of barbiturate groups is 1. The van der Waals surface area contributed by atoms with Gasteiger partial charge in [0.15, 0.2) is 0 Å². The maximum absolute atomic E-state index is 13.7. The Morgan fingerprint density at radius 2 is 1.30 bits per heavy atom. The molecule has 0 radical (unpaired) electrons. The van der Waals surface area contributed by atoms with Gasteiger partial charge in [-0.25, -0.2) is 14.6 Å². The molecular weight excluding hydrogens is 591 g/mol. The Morgan fingerprint density at radius 3 is 1.81 bits per heavy atom. The summed E-state index contributed by atoms with van der Waals surface area (Å²) in [5.41, 5.74) is -2.37. The van der Waals surface area contributed by atoms with Crippen molar-refractivity contribution in [2.24, 2.45) is 0 Å². The van der Waals surface area contributed by atoms with E-state index in [0.717, 1.165) is 21.9 Å². The van der Waals surface area contributed by atoms with Gasteiger partial charge in [0.05, 0.1) is 21.9 Å². The highest BCUT2D eigenvalue weighted by molar-refractivity contribution is 6.46. The Balaban J connectivity index is 1.63. The second-order valence-electron chi connectivity index (χ2n) is 9.01. The average Bonchev–Trinajstić information content (AvgIpc) is 2.97. The van der Waals surface area contributed by atoms with E-state index in [1.165, 1.54) is 42.5 Å². The van der Waals surface area contributed by atoms with E-state index >= 15 is 0 Å². The highest BCUT2D eigenvalue weighted by atomic mass is 35.5. The van der Waals surface area contributed by atoms with Gasteiger partial charge in [-0.3, -0.25) is 19.7 Å². The van der Waals surface area contributed by atoms with Crippen molar-refractivity contribution in [1.82, 2.24) is 0 Å². The van der Waals surface area contributed by atoms with Crippen molar-refractivity contribution in [3.05, 3.63) is 129 Å². The maximum atomic E-state index is 13.7. The van der Waals surface area contributed by atoms with Crippen LogP contribution in [0.5, 0.6) is 11.5 Å². The lowest BCUT2D eigenvalue weighted by molar-refractivity contribution is -0.385. The Bertz CT molecular complexity index is 1730. The molecule has 1 fully saturated rings. The van der Waals surface area contributed by atoms with E-state index in [2.05, 4.69) is 0 Å². The smallest absolute Gasteiger partial charge is 0.416 e. The Labute approximate surface area is 246 Å². The molecule has 216 valence electrons. The number of rotatable bonds is 6. The third-order valence-electron chi connectivity index (χ3n) is 6.25. The lowest BCUT2D eigenvalue weighted by Gasteiger charge is -2.34. The Kier molecular flexibility index (Phi) is 7.70. The highest BCUT2D eigenvalue weighted by Gasteiger charge is 2.44. The predicted molar refractivity (Wildman–Crippen MR) is 151 cm³/mol. The van der Waals surface area contributed by atoms with E-state index in [0.29, 0.717) is 12.1 Å². The first-order chi connectivity index (χ1) is 20.5. The number of anilines is 2. The molecule has 1 heterocycles.